The molecular weight excluding hydrogens is 290 g/mol. The molecular formula is C15H19NO4S. The van der Waals surface area contributed by atoms with Crippen LogP contribution in [0.3, 0.4) is 0 Å². The Morgan fingerprint density at radius 2 is 2.24 bits per heavy atom. The summed E-state index contributed by atoms with van der Waals surface area (Å²) in [6, 6.07) is 7.53. The van der Waals surface area contributed by atoms with E-state index in [1.165, 1.54) is 11.8 Å². The molecule has 0 aliphatic carbocycles. The molecule has 0 spiro atoms. The number of likely N-dealkylation sites (tertiary alicyclic amines) is 1. The van der Waals surface area contributed by atoms with Gasteiger partial charge in [0.1, 0.15) is 5.75 Å². The number of hydrogen-bond donors (Lipinski definition) is 1. The van der Waals surface area contributed by atoms with Crippen molar-refractivity contribution >= 4 is 23.6 Å². The van der Waals surface area contributed by atoms with Gasteiger partial charge in [-0.25, -0.2) is 0 Å². The summed E-state index contributed by atoms with van der Waals surface area (Å²) in [7, 11) is 1.60. The highest BCUT2D eigenvalue weighted by molar-refractivity contribution is 8.00. The molecule has 1 heterocycles. The molecule has 1 saturated heterocycles. The molecule has 0 saturated carbocycles. The number of nitrogens with zero attached hydrogens (tertiary/aromatic N) is 1. The Hall–Kier alpha value is -1.69. The molecule has 1 N–H and O–H groups in total. The molecule has 2 rings (SSSR count). The zero-order chi connectivity index (χ0) is 15.5. The Labute approximate surface area is 128 Å². The third-order valence-corrected chi connectivity index (χ3v) is 4.72. The monoisotopic (exact) mass is 309 g/mol. The molecule has 21 heavy (non-hydrogen) atoms. The highest BCUT2D eigenvalue weighted by Crippen LogP contribution is 2.31. The van der Waals surface area contributed by atoms with E-state index in [0.717, 1.165) is 10.6 Å². The largest absolute Gasteiger partial charge is 0.497 e. The molecule has 1 aliphatic heterocycles. The van der Waals surface area contributed by atoms with Gasteiger partial charge in [-0.3, -0.25) is 9.59 Å². The van der Waals surface area contributed by atoms with Crippen molar-refractivity contribution in [2.45, 2.75) is 18.2 Å². The number of carboxylic acid groups (broad SMARTS) is 1. The lowest BCUT2D eigenvalue weighted by atomic mass is 9.90. The molecule has 1 aromatic rings. The average Bonchev–Trinajstić information content (AvgIpc) is 2.89. The summed E-state index contributed by atoms with van der Waals surface area (Å²) in [6.07, 6.45) is 0.512. The first-order valence-corrected chi connectivity index (χ1v) is 7.71. The first-order chi connectivity index (χ1) is 9.94. The number of ether oxygens (including phenoxy) is 1. The van der Waals surface area contributed by atoms with E-state index in [9.17, 15) is 14.7 Å². The van der Waals surface area contributed by atoms with Crippen molar-refractivity contribution in [3.8, 4) is 5.75 Å². The predicted octanol–water partition coefficient (Wildman–Crippen LogP) is 2.11. The van der Waals surface area contributed by atoms with Crippen LogP contribution in [0.5, 0.6) is 5.75 Å². The minimum atomic E-state index is -0.835. The lowest BCUT2D eigenvalue weighted by Crippen LogP contribution is -2.35. The van der Waals surface area contributed by atoms with Crippen LogP contribution in [0.4, 0.5) is 0 Å². The summed E-state index contributed by atoms with van der Waals surface area (Å²) in [4.78, 5) is 25.9. The molecule has 0 aromatic heterocycles. The molecule has 1 fully saturated rings. The Kier molecular flexibility index (Phi) is 4.77. The van der Waals surface area contributed by atoms with E-state index in [2.05, 4.69) is 0 Å². The molecule has 1 amide bonds. The van der Waals surface area contributed by atoms with Crippen LogP contribution in [0, 0.1) is 5.41 Å². The Morgan fingerprint density at radius 1 is 1.48 bits per heavy atom. The van der Waals surface area contributed by atoms with Gasteiger partial charge in [0.15, 0.2) is 0 Å². The highest BCUT2D eigenvalue weighted by Gasteiger charge is 2.41. The standard InChI is InChI=1S/C15H19NO4S/c1-15(14(18)19)6-7-16(10-15)13(17)9-21-12-5-3-4-11(8-12)20-2/h3-5,8H,6-7,9-10H2,1-2H3,(H,18,19). The second-order valence-electron chi connectivity index (χ2n) is 5.40. The maximum atomic E-state index is 12.2. The van der Waals surface area contributed by atoms with E-state index in [1.807, 2.05) is 24.3 Å². The maximum Gasteiger partial charge on any atom is 0.311 e. The molecule has 1 unspecified atom stereocenters. The highest BCUT2D eigenvalue weighted by atomic mass is 32.2. The quantitative estimate of drug-likeness (QED) is 0.844. The number of hydrogen-bond acceptors (Lipinski definition) is 4. The van der Waals surface area contributed by atoms with Crippen LogP contribution in [0.1, 0.15) is 13.3 Å². The first kappa shape index (κ1) is 15.7. The molecule has 5 nitrogen and oxygen atoms in total. The SMILES string of the molecule is COc1cccc(SCC(=O)N2CCC(C)(C(=O)O)C2)c1. The summed E-state index contributed by atoms with van der Waals surface area (Å²) < 4.78 is 5.14. The van der Waals surface area contributed by atoms with Gasteiger partial charge in [-0.05, 0) is 31.5 Å². The normalized spacial score (nSPS) is 21.3. The van der Waals surface area contributed by atoms with Crippen molar-refractivity contribution in [1.82, 2.24) is 4.90 Å². The van der Waals surface area contributed by atoms with Gasteiger partial charge in [-0.1, -0.05) is 6.07 Å². The second kappa shape index (κ2) is 6.39. The van der Waals surface area contributed by atoms with Gasteiger partial charge in [0, 0.05) is 18.0 Å². The fourth-order valence-corrected chi connectivity index (χ4v) is 3.12. The number of carbonyl (C=O) groups is 2. The summed E-state index contributed by atoms with van der Waals surface area (Å²) >= 11 is 1.43. The van der Waals surface area contributed by atoms with Crippen molar-refractivity contribution in [2.24, 2.45) is 5.41 Å². The number of benzene rings is 1. The zero-order valence-corrected chi connectivity index (χ0v) is 13.0. The van der Waals surface area contributed by atoms with Crippen LogP contribution in [-0.4, -0.2) is 47.8 Å². The molecule has 6 heteroatoms. The van der Waals surface area contributed by atoms with Crippen molar-refractivity contribution in [3.05, 3.63) is 24.3 Å². The van der Waals surface area contributed by atoms with Crippen LogP contribution in [-0.2, 0) is 9.59 Å². The first-order valence-electron chi connectivity index (χ1n) is 6.73. The minimum Gasteiger partial charge on any atom is -0.497 e. The number of methoxy groups -OCH3 is 1. The third-order valence-electron chi connectivity index (χ3n) is 3.75. The van der Waals surface area contributed by atoms with E-state index in [4.69, 9.17) is 4.74 Å². The summed E-state index contributed by atoms with van der Waals surface area (Å²) in [5.41, 5.74) is -0.809. The van der Waals surface area contributed by atoms with Crippen molar-refractivity contribution < 1.29 is 19.4 Å². The average molecular weight is 309 g/mol. The van der Waals surface area contributed by atoms with Gasteiger partial charge in [-0.2, -0.15) is 0 Å². The van der Waals surface area contributed by atoms with Gasteiger partial charge >= 0.3 is 5.97 Å². The topological polar surface area (TPSA) is 66.8 Å². The lowest BCUT2D eigenvalue weighted by Gasteiger charge is -2.20. The Bertz CT molecular complexity index is 548. The number of thioether (sulfide) groups is 1. The molecule has 1 aliphatic rings. The van der Waals surface area contributed by atoms with Crippen LogP contribution in [0.25, 0.3) is 0 Å². The number of carboxylic acids is 1. The molecule has 0 bridgehead atoms. The number of amides is 1. The van der Waals surface area contributed by atoms with Gasteiger partial charge < -0.3 is 14.7 Å². The Balaban J connectivity index is 1.89. The van der Waals surface area contributed by atoms with Crippen LogP contribution >= 0.6 is 11.8 Å². The van der Waals surface area contributed by atoms with E-state index in [1.54, 1.807) is 18.9 Å². The molecule has 0 radical (unpaired) electrons. The summed E-state index contributed by atoms with van der Waals surface area (Å²) in [5.74, 6) is 0.209. The summed E-state index contributed by atoms with van der Waals surface area (Å²) in [5, 5.41) is 9.18. The fourth-order valence-electron chi connectivity index (χ4n) is 2.28. The fraction of sp³-hybridized carbons (Fsp3) is 0.467. The number of rotatable bonds is 5. The van der Waals surface area contributed by atoms with Crippen LogP contribution in [0.2, 0.25) is 0 Å². The van der Waals surface area contributed by atoms with E-state index in [-0.39, 0.29) is 5.91 Å². The smallest absolute Gasteiger partial charge is 0.311 e. The molecule has 1 aromatic carbocycles. The third kappa shape index (κ3) is 3.69. The van der Waals surface area contributed by atoms with Gasteiger partial charge in [0.2, 0.25) is 5.91 Å². The predicted molar refractivity (Wildman–Crippen MR) is 80.7 cm³/mol. The molecule has 114 valence electrons. The maximum absolute atomic E-state index is 12.2. The van der Waals surface area contributed by atoms with Gasteiger partial charge in [0.05, 0.1) is 18.3 Å². The van der Waals surface area contributed by atoms with Gasteiger partial charge in [0.25, 0.3) is 0 Å². The van der Waals surface area contributed by atoms with E-state index < -0.39 is 11.4 Å². The number of carbonyl (C=O) groups excluding carboxylic acids is 1. The zero-order valence-electron chi connectivity index (χ0n) is 12.2. The number of aliphatic carboxylic acids is 1. The van der Waals surface area contributed by atoms with Crippen molar-refractivity contribution in [2.75, 3.05) is 26.0 Å². The van der Waals surface area contributed by atoms with E-state index >= 15 is 0 Å². The molecule has 1 atom stereocenters. The Morgan fingerprint density at radius 3 is 2.86 bits per heavy atom. The van der Waals surface area contributed by atoms with Gasteiger partial charge in [-0.15, -0.1) is 11.8 Å². The summed E-state index contributed by atoms with van der Waals surface area (Å²) in [6.45, 7) is 2.50. The van der Waals surface area contributed by atoms with Crippen LogP contribution in [0.15, 0.2) is 29.2 Å². The van der Waals surface area contributed by atoms with Crippen molar-refractivity contribution in [3.63, 3.8) is 0 Å². The lowest BCUT2D eigenvalue weighted by molar-refractivity contribution is -0.147. The van der Waals surface area contributed by atoms with Crippen molar-refractivity contribution in [1.29, 1.82) is 0 Å². The van der Waals surface area contributed by atoms with E-state index in [0.29, 0.717) is 25.3 Å². The van der Waals surface area contributed by atoms with Crippen LogP contribution < -0.4 is 4.74 Å². The second-order valence-corrected chi connectivity index (χ2v) is 6.45. The minimum absolute atomic E-state index is 0.0206.